The second-order valence-corrected chi connectivity index (χ2v) is 9.42. The first-order valence-electron chi connectivity index (χ1n) is 9.12. The van der Waals surface area contributed by atoms with E-state index >= 15 is 0 Å². The van der Waals surface area contributed by atoms with E-state index in [2.05, 4.69) is 27.4 Å². The molecule has 112 valence electrons. The highest BCUT2D eigenvalue weighted by Gasteiger charge is 2.61. The van der Waals surface area contributed by atoms with E-state index in [-0.39, 0.29) is 0 Å². The van der Waals surface area contributed by atoms with E-state index in [4.69, 9.17) is 0 Å². The molecule has 4 aliphatic carbocycles. The molecule has 7 atom stereocenters. The molecule has 4 rings (SSSR count). The van der Waals surface area contributed by atoms with E-state index in [1.807, 2.05) is 0 Å². The zero-order valence-electron chi connectivity index (χ0n) is 13.8. The topological polar surface area (TPSA) is 0 Å². The van der Waals surface area contributed by atoms with Gasteiger partial charge in [0.1, 0.15) is 0 Å². The van der Waals surface area contributed by atoms with Gasteiger partial charge >= 0.3 is 0 Å². The van der Waals surface area contributed by atoms with Crippen LogP contribution in [-0.4, -0.2) is 0 Å². The molecule has 4 aliphatic rings. The van der Waals surface area contributed by atoms with E-state index in [9.17, 15) is 0 Å². The molecular weight excluding hydrogens is 240 g/mol. The molecule has 0 heteroatoms. The van der Waals surface area contributed by atoms with Crippen LogP contribution >= 0.6 is 0 Å². The Kier molecular flexibility index (Phi) is 2.78. The summed E-state index contributed by atoms with van der Waals surface area (Å²) in [4.78, 5) is 0. The van der Waals surface area contributed by atoms with Gasteiger partial charge in [-0.2, -0.15) is 0 Å². The third-order valence-corrected chi connectivity index (χ3v) is 8.21. The van der Waals surface area contributed by atoms with Crippen LogP contribution in [0.25, 0.3) is 0 Å². The average molecular weight is 272 g/mol. The summed E-state index contributed by atoms with van der Waals surface area (Å²) >= 11 is 0. The maximum Gasteiger partial charge on any atom is -0.0171 e. The fourth-order valence-electron chi connectivity index (χ4n) is 7.56. The molecule has 4 saturated carbocycles. The number of hydrogen-bond donors (Lipinski definition) is 0. The Morgan fingerprint density at radius 1 is 1.00 bits per heavy atom. The summed E-state index contributed by atoms with van der Waals surface area (Å²) in [6, 6.07) is 0. The lowest BCUT2D eigenvalue weighted by molar-refractivity contribution is -0.155. The molecule has 0 saturated heterocycles. The maximum absolute atomic E-state index is 4.57. The largest absolute Gasteiger partial charge is 0.0995 e. The van der Waals surface area contributed by atoms with Gasteiger partial charge in [0.25, 0.3) is 0 Å². The van der Waals surface area contributed by atoms with Crippen molar-refractivity contribution in [3.63, 3.8) is 0 Å². The van der Waals surface area contributed by atoms with Crippen molar-refractivity contribution in [2.75, 3.05) is 0 Å². The van der Waals surface area contributed by atoms with Crippen LogP contribution in [0.4, 0.5) is 0 Å². The van der Waals surface area contributed by atoms with Crippen molar-refractivity contribution in [1.82, 2.24) is 0 Å². The molecule has 0 aromatic carbocycles. The van der Waals surface area contributed by atoms with Gasteiger partial charge in [-0.25, -0.2) is 0 Å². The molecule has 0 nitrogen and oxygen atoms in total. The molecule has 0 aromatic heterocycles. The Labute approximate surface area is 125 Å². The summed E-state index contributed by atoms with van der Waals surface area (Å²) in [6.45, 7) is 12.4. The quantitative estimate of drug-likeness (QED) is 0.487. The second-order valence-electron chi connectivity index (χ2n) is 9.42. The lowest BCUT2D eigenvalue weighted by Gasteiger charge is -2.67. The molecule has 0 aliphatic heterocycles. The van der Waals surface area contributed by atoms with Gasteiger partial charge in [0.2, 0.25) is 0 Å². The van der Waals surface area contributed by atoms with E-state index in [1.165, 1.54) is 51.4 Å². The highest BCUT2D eigenvalue weighted by molar-refractivity contribution is 5.21. The van der Waals surface area contributed by atoms with E-state index in [0.29, 0.717) is 10.8 Å². The van der Waals surface area contributed by atoms with Crippen molar-refractivity contribution in [1.29, 1.82) is 0 Å². The van der Waals surface area contributed by atoms with Crippen molar-refractivity contribution in [3.8, 4) is 0 Å². The third-order valence-electron chi connectivity index (χ3n) is 8.21. The van der Waals surface area contributed by atoms with Gasteiger partial charge in [-0.05, 0) is 85.4 Å². The van der Waals surface area contributed by atoms with Crippen LogP contribution in [0.1, 0.15) is 72.1 Å². The van der Waals surface area contributed by atoms with Crippen LogP contribution in [0.15, 0.2) is 12.2 Å². The smallest absolute Gasteiger partial charge is 0.0171 e. The molecule has 0 heterocycles. The normalized spacial score (nSPS) is 58.1. The first-order chi connectivity index (χ1) is 9.45. The van der Waals surface area contributed by atoms with Crippen LogP contribution in [0.2, 0.25) is 0 Å². The van der Waals surface area contributed by atoms with Crippen molar-refractivity contribution < 1.29 is 0 Å². The van der Waals surface area contributed by atoms with Crippen LogP contribution in [0.5, 0.6) is 0 Å². The van der Waals surface area contributed by atoms with Crippen LogP contribution in [0, 0.1) is 40.4 Å². The summed E-state index contributed by atoms with van der Waals surface area (Å²) in [6.07, 6.45) is 11.7. The minimum absolute atomic E-state index is 0.584. The van der Waals surface area contributed by atoms with Gasteiger partial charge in [0, 0.05) is 0 Å². The number of allylic oxidation sites excluding steroid dienone is 1. The van der Waals surface area contributed by atoms with Crippen LogP contribution in [0.3, 0.4) is 0 Å². The van der Waals surface area contributed by atoms with E-state index < -0.39 is 0 Å². The van der Waals surface area contributed by atoms with Crippen molar-refractivity contribution in [3.05, 3.63) is 12.2 Å². The summed E-state index contributed by atoms with van der Waals surface area (Å²) < 4.78 is 0. The van der Waals surface area contributed by atoms with Crippen molar-refractivity contribution in [2.45, 2.75) is 72.1 Å². The molecule has 0 amide bonds. The number of hydrogen-bond acceptors (Lipinski definition) is 0. The second kappa shape index (κ2) is 4.14. The maximum atomic E-state index is 4.57. The Hall–Kier alpha value is -0.260. The lowest BCUT2D eigenvalue weighted by atomic mass is 9.38. The summed E-state index contributed by atoms with van der Waals surface area (Å²) in [5.41, 5.74) is 2.88. The SMILES string of the molecule is C=C1CC2(C)CCCC3(C)CCC4C(C)CCC1C4C32. The lowest BCUT2D eigenvalue weighted by Crippen LogP contribution is -2.59. The van der Waals surface area contributed by atoms with E-state index in [0.717, 1.165) is 29.6 Å². The Bertz CT molecular complexity index is 435. The van der Waals surface area contributed by atoms with E-state index in [1.54, 1.807) is 5.57 Å². The Morgan fingerprint density at radius 2 is 1.75 bits per heavy atom. The zero-order chi connectivity index (χ0) is 14.1. The predicted octanol–water partition coefficient (Wildman–Crippen LogP) is 5.83. The van der Waals surface area contributed by atoms with Gasteiger partial charge < -0.3 is 0 Å². The van der Waals surface area contributed by atoms with Crippen molar-refractivity contribution >= 4 is 0 Å². The minimum atomic E-state index is 0.584. The van der Waals surface area contributed by atoms with Gasteiger partial charge in [0.05, 0.1) is 0 Å². The first-order valence-corrected chi connectivity index (χ1v) is 9.12. The van der Waals surface area contributed by atoms with Crippen molar-refractivity contribution in [2.24, 2.45) is 40.4 Å². The fraction of sp³-hybridized carbons (Fsp3) is 0.900. The first kappa shape index (κ1) is 13.4. The standard InChI is InChI=1S/C20H32/c1-13-6-7-15-14(2)12-20(4)10-5-9-19(3)11-8-16(13)17(15)18(19)20/h13,15-18H,2,5-12H2,1,3-4H3. The summed E-state index contributed by atoms with van der Waals surface area (Å²) in [7, 11) is 0. The zero-order valence-corrected chi connectivity index (χ0v) is 13.8. The molecule has 0 radical (unpaired) electrons. The van der Waals surface area contributed by atoms with Crippen LogP contribution < -0.4 is 0 Å². The van der Waals surface area contributed by atoms with Gasteiger partial charge in [-0.1, -0.05) is 39.3 Å². The predicted molar refractivity (Wildman–Crippen MR) is 85.4 cm³/mol. The monoisotopic (exact) mass is 272 g/mol. The number of rotatable bonds is 0. The molecule has 20 heavy (non-hydrogen) atoms. The van der Waals surface area contributed by atoms with Gasteiger partial charge in [-0.15, -0.1) is 0 Å². The molecule has 4 fully saturated rings. The fourth-order valence-corrected chi connectivity index (χ4v) is 7.56. The summed E-state index contributed by atoms with van der Waals surface area (Å²) in [5.74, 6) is 4.86. The Balaban J connectivity index is 1.81. The molecular formula is C20H32. The Morgan fingerprint density at radius 3 is 2.55 bits per heavy atom. The van der Waals surface area contributed by atoms with Gasteiger partial charge in [-0.3, -0.25) is 0 Å². The molecule has 0 N–H and O–H groups in total. The average Bonchev–Trinajstić information content (AvgIpc) is 2.36. The molecule has 0 spiro atoms. The highest BCUT2D eigenvalue weighted by Crippen LogP contribution is 2.69. The third kappa shape index (κ3) is 1.60. The minimum Gasteiger partial charge on any atom is -0.0995 e. The van der Waals surface area contributed by atoms with Gasteiger partial charge in [0.15, 0.2) is 0 Å². The molecule has 0 aromatic rings. The summed E-state index contributed by atoms with van der Waals surface area (Å²) in [5, 5.41) is 0. The van der Waals surface area contributed by atoms with Crippen LogP contribution in [-0.2, 0) is 0 Å². The highest BCUT2D eigenvalue weighted by atomic mass is 14.7. The molecule has 7 unspecified atom stereocenters. The molecule has 0 bridgehead atoms.